The molecule has 2 amide bonds. The number of carboxylic acid groups (broad SMARTS) is 1. The van der Waals surface area contributed by atoms with Crippen LogP contribution < -0.4 is 10.6 Å². The van der Waals surface area contributed by atoms with Gasteiger partial charge in [0, 0.05) is 16.6 Å². The molecule has 33 heavy (non-hydrogen) atoms. The van der Waals surface area contributed by atoms with Crippen molar-refractivity contribution in [3.63, 3.8) is 0 Å². The van der Waals surface area contributed by atoms with Gasteiger partial charge in [-0.1, -0.05) is 60.1 Å². The molecule has 3 aromatic rings. The number of carbonyl (C=O) groups excluding carboxylic acids is 2. The van der Waals surface area contributed by atoms with E-state index in [0.717, 1.165) is 22.3 Å². The zero-order valence-electron chi connectivity index (χ0n) is 17.5. The summed E-state index contributed by atoms with van der Waals surface area (Å²) < 4.78 is 5.43. The Kier molecular flexibility index (Phi) is 6.60. The molecule has 0 saturated carbocycles. The number of anilines is 1. The Balaban J connectivity index is 1.42. The second kappa shape index (κ2) is 9.75. The standard InChI is InChI=1S/C25H21ClN2O5/c26-15-9-11-16(12-10-15)27-24(31)22(13-23(29)30)28-25(32)33-14-21-19-7-3-1-5-17(19)18-6-2-4-8-20(18)21/h1-12,21-22H,13-14H2,(H,27,31)(H,28,32)(H,29,30). The van der Waals surface area contributed by atoms with Gasteiger partial charge in [0.15, 0.2) is 0 Å². The van der Waals surface area contributed by atoms with Crippen LogP contribution in [-0.4, -0.2) is 35.7 Å². The fourth-order valence-electron chi connectivity index (χ4n) is 3.93. The molecular weight excluding hydrogens is 444 g/mol. The molecule has 1 aliphatic rings. The van der Waals surface area contributed by atoms with Crippen LogP contribution in [0.3, 0.4) is 0 Å². The van der Waals surface area contributed by atoms with Crippen LogP contribution in [0.5, 0.6) is 0 Å². The topological polar surface area (TPSA) is 105 Å². The lowest BCUT2D eigenvalue weighted by Crippen LogP contribution is -2.45. The molecule has 8 heteroatoms. The molecule has 0 fully saturated rings. The number of carbonyl (C=O) groups is 3. The second-order valence-corrected chi connectivity index (χ2v) is 8.05. The maximum absolute atomic E-state index is 12.6. The molecule has 1 unspecified atom stereocenters. The van der Waals surface area contributed by atoms with E-state index in [0.29, 0.717) is 10.7 Å². The van der Waals surface area contributed by atoms with Gasteiger partial charge < -0.3 is 20.5 Å². The van der Waals surface area contributed by atoms with Crippen molar-refractivity contribution in [1.29, 1.82) is 0 Å². The summed E-state index contributed by atoms with van der Waals surface area (Å²) in [7, 11) is 0. The van der Waals surface area contributed by atoms with E-state index < -0.39 is 30.4 Å². The first-order chi connectivity index (χ1) is 15.9. The van der Waals surface area contributed by atoms with Crippen LogP contribution in [0.4, 0.5) is 10.5 Å². The number of alkyl carbamates (subject to hydrolysis) is 1. The third kappa shape index (κ3) is 5.15. The number of hydrogen-bond donors (Lipinski definition) is 3. The molecule has 0 radical (unpaired) electrons. The molecule has 1 atom stereocenters. The van der Waals surface area contributed by atoms with Crippen molar-refractivity contribution in [1.82, 2.24) is 5.32 Å². The minimum absolute atomic E-state index is 0.0540. The van der Waals surface area contributed by atoms with Crippen molar-refractivity contribution in [2.24, 2.45) is 0 Å². The van der Waals surface area contributed by atoms with Crippen LogP contribution in [0.15, 0.2) is 72.8 Å². The van der Waals surface area contributed by atoms with Crippen LogP contribution in [0.25, 0.3) is 11.1 Å². The Morgan fingerprint density at radius 3 is 2.06 bits per heavy atom. The van der Waals surface area contributed by atoms with Crippen molar-refractivity contribution in [2.45, 2.75) is 18.4 Å². The van der Waals surface area contributed by atoms with Crippen LogP contribution in [0, 0.1) is 0 Å². The van der Waals surface area contributed by atoms with Crippen molar-refractivity contribution < 1.29 is 24.2 Å². The number of nitrogens with one attached hydrogen (secondary N) is 2. The zero-order chi connectivity index (χ0) is 23.4. The number of carboxylic acids is 1. The van der Waals surface area contributed by atoms with Gasteiger partial charge in [0.05, 0.1) is 6.42 Å². The lowest BCUT2D eigenvalue weighted by atomic mass is 9.98. The quantitative estimate of drug-likeness (QED) is 0.471. The number of aliphatic carboxylic acids is 1. The van der Waals surface area contributed by atoms with E-state index in [1.54, 1.807) is 24.3 Å². The predicted octanol–water partition coefficient (Wildman–Crippen LogP) is 4.66. The smallest absolute Gasteiger partial charge is 0.407 e. The Labute approximate surface area is 195 Å². The molecule has 168 valence electrons. The normalized spacial score (nSPS) is 12.9. The molecule has 0 saturated heterocycles. The van der Waals surface area contributed by atoms with Crippen molar-refractivity contribution in [2.75, 3.05) is 11.9 Å². The van der Waals surface area contributed by atoms with E-state index in [-0.39, 0.29) is 12.5 Å². The van der Waals surface area contributed by atoms with E-state index in [2.05, 4.69) is 10.6 Å². The van der Waals surface area contributed by atoms with Gasteiger partial charge in [-0.2, -0.15) is 0 Å². The highest BCUT2D eigenvalue weighted by Gasteiger charge is 2.30. The highest BCUT2D eigenvalue weighted by Crippen LogP contribution is 2.44. The molecule has 7 nitrogen and oxygen atoms in total. The Bertz CT molecular complexity index is 1150. The first-order valence-electron chi connectivity index (χ1n) is 10.3. The van der Waals surface area contributed by atoms with Gasteiger partial charge in [-0.3, -0.25) is 9.59 Å². The number of benzene rings is 3. The van der Waals surface area contributed by atoms with Gasteiger partial charge >= 0.3 is 12.1 Å². The summed E-state index contributed by atoms with van der Waals surface area (Å²) in [5, 5.41) is 14.6. The largest absolute Gasteiger partial charge is 0.481 e. The molecule has 0 aromatic heterocycles. The summed E-state index contributed by atoms with van der Waals surface area (Å²) in [6.07, 6.45) is -1.46. The SMILES string of the molecule is O=C(O)CC(NC(=O)OCC1c2ccccc2-c2ccccc21)C(=O)Nc1ccc(Cl)cc1. The number of halogens is 1. The lowest BCUT2D eigenvalue weighted by Gasteiger charge is -2.18. The highest BCUT2D eigenvalue weighted by molar-refractivity contribution is 6.30. The van der Waals surface area contributed by atoms with Crippen molar-refractivity contribution in [3.8, 4) is 11.1 Å². The number of fused-ring (bicyclic) bond motifs is 3. The number of amides is 2. The molecule has 1 aliphatic carbocycles. The molecule has 3 N–H and O–H groups in total. The van der Waals surface area contributed by atoms with Gasteiger partial charge in [0.2, 0.25) is 5.91 Å². The zero-order valence-corrected chi connectivity index (χ0v) is 18.2. The van der Waals surface area contributed by atoms with E-state index in [9.17, 15) is 19.5 Å². The maximum Gasteiger partial charge on any atom is 0.407 e. The first-order valence-corrected chi connectivity index (χ1v) is 10.7. The van der Waals surface area contributed by atoms with Gasteiger partial charge in [-0.05, 0) is 46.5 Å². The van der Waals surface area contributed by atoms with E-state index in [1.165, 1.54) is 0 Å². The summed E-state index contributed by atoms with van der Waals surface area (Å²) in [6.45, 7) is 0.0540. The lowest BCUT2D eigenvalue weighted by molar-refractivity contribution is -0.139. The van der Waals surface area contributed by atoms with E-state index in [4.69, 9.17) is 16.3 Å². The maximum atomic E-state index is 12.6. The molecular formula is C25H21ClN2O5. The van der Waals surface area contributed by atoms with Gasteiger partial charge in [0.1, 0.15) is 12.6 Å². The third-order valence-electron chi connectivity index (χ3n) is 5.44. The minimum Gasteiger partial charge on any atom is -0.481 e. The summed E-state index contributed by atoms with van der Waals surface area (Å²) >= 11 is 5.84. The minimum atomic E-state index is -1.31. The Morgan fingerprint density at radius 2 is 1.48 bits per heavy atom. The average molecular weight is 465 g/mol. The third-order valence-corrected chi connectivity index (χ3v) is 5.69. The van der Waals surface area contributed by atoms with Crippen molar-refractivity contribution >= 4 is 35.3 Å². The fraction of sp³-hybridized carbons (Fsp3) is 0.160. The second-order valence-electron chi connectivity index (χ2n) is 7.62. The molecule has 4 rings (SSSR count). The van der Waals surface area contributed by atoms with Crippen LogP contribution in [0.2, 0.25) is 5.02 Å². The summed E-state index contributed by atoms with van der Waals surface area (Å²) in [4.78, 5) is 36.3. The van der Waals surface area contributed by atoms with Gasteiger partial charge in [0.25, 0.3) is 0 Å². The fourth-order valence-corrected chi connectivity index (χ4v) is 4.05. The number of ether oxygens (including phenoxy) is 1. The van der Waals surface area contributed by atoms with Crippen LogP contribution in [-0.2, 0) is 14.3 Å². The number of rotatable bonds is 7. The molecule has 0 spiro atoms. The molecule has 0 bridgehead atoms. The highest BCUT2D eigenvalue weighted by atomic mass is 35.5. The van der Waals surface area contributed by atoms with Crippen molar-refractivity contribution in [3.05, 3.63) is 88.9 Å². The Hall–Kier alpha value is -3.84. The summed E-state index contributed by atoms with van der Waals surface area (Å²) in [5.41, 5.74) is 4.71. The predicted molar refractivity (Wildman–Crippen MR) is 124 cm³/mol. The van der Waals surface area contributed by atoms with Crippen LogP contribution in [0.1, 0.15) is 23.5 Å². The van der Waals surface area contributed by atoms with Gasteiger partial charge in [-0.25, -0.2) is 4.79 Å². The number of hydrogen-bond acceptors (Lipinski definition) is 4. The Morgan fingerprint density at radius 1 is 0.909 bits per heavy atom. The molecule has 3 aromatic carbocycles. The van der Waals surface area contributed by atoms with E-state index in [1.807, 2.05) is 48.5 Å². The molecule has 0 aliphatic heterocycles. The average Bonchev–Trinajstić information content (AvgIpc) is 3.12. The van der Waals surface area contributed by atoms with E-state index >= 15 is 0 Å². The van der Waals surface area contributed by atoms with Gasteiger partial charge in [-0.15, -0.1) is 0 Å². The molecule has 0 heterocycles. The monoisotopic (exact) mass is 464 g/mol. The first kappa shape index (κ1) is 22.4. The summed E-state index contributed by atoms with van der Waals surface area (Å²) in [5.74, 6) is -2.05. The van der Waals surface area contributed by atoms with Crippen LogP contribution >= 0.6 is 11.6 Å². The summed E-state index contributed by atoms with van der Waals surface area (Å²) in [6, 6.07) is 20.8.